The molecule has 0 amide bonds. The highest BCUT2D eigenvalue weighted by molar-refractivity contribution is 6.38. The van der Waals surface area contributed by atoms with Crippen LogP contribution in [0.2, 0.25) is 10.0 Å². The van der Waals surface area contributed by atoms with Crippen LogP contribution in [0.25, 0.3) is 5.69 Å². The quantitative estimate of drug-likeness (QED) is 0.430. The molecule has 0 aliphatic heterocycles. The van der Waals surface area contributed by atoms with Crippen molar-refractivity contribution in [1.29, 1.82) is 5.26 Å². The fourth-order valence-corrected chi connectivity index (χ4v) is 3.13. The molecule has 3 rings (SSSR count). The molecule has 0 fully saturated rings. The van der Waals surface area contributed by atoms with E-state index in [1.54, 1.807) is 24.3 Å². The second-order valence-electron chi connectivity index (χ2n) is 5.79. The number of hydrogen-bond donors (Lipinski definition) is 2. The molecule has 0 aliphatic rings. The first kappa shape index (κ1) is 20.4. The largest absolute Gasteiger partial charge is 0.416 e. The van der Waals surface area contributed by atoms with Gasteiger partial charge in [0.1, 0.15) is 23.1 Å². The maximum Gasteiger partial charge on any atom is 0.416 e. The molecule has 10 heteroatoms. The number of nitriles is 1. The minimum atomic E-state index is -4.63. The summed E-state index contributed by atoms with van der Waals surface area (Å²) in [6.45, 7) is 0. The van der Waals surface area contributed by atoms with Crippen LogP contribution in [0.1, 0.15) is 22.4 Å². The van der Waals surface area contributed by atoms with Crippen LogP contribution in [0.5, 0.6) is 0 Å². The first-order valence-corrected chi connectivity index (χ1v) is 8.60. The Morgan fingerprint density at radius 2 is 1.69 bits per heavy atom. The molecule has 0 atom stereocenters. The predicted octanol–water partition coefficient (Wildman–Crippen LogP) is 4.63. The number of nitrogen functional groups attached to an aromatic ring is 2. The summed E-state index contributed by atoms with van der Waals surface area (Å²) in [6.07, 6.45) is -4.63. The average Bonchev–Trinajstić information content (AvgIpc) is 2.94. The van der Waals surface area contributed by atoms with Gasteiger partial charge < -0.3 is 11.5 Å². The highest BCUT2D eigenvalue weighted by Crippen LogP contribution is 2.38. The van der Waals surface area contributed by atoms with Gasteiger partial charge in [-0.1, -0.05) is 41.1 Å². The zero-order valence-electron chi connectivity index (χ0n) is 14.4. The van der Waals surface area contributed by atoms with Crippen molar-refractivity contribution in [3.63, 3.8) is 0 Å². The van der Waals surface area contributed by atoms with Crippen LogP contribution in [0, 0.1) is 23.2 Å². The van der Waals surface area contributed by atoms with E-state index in [9.17, 15) is 18.4 Å². The van der Waals surface area contributed by atoms with Crippen molar-refractivity contribution in [3.8, 4) is 23.6 Å². The van der Waals surface area contributed by atoms with E-state index in [0.717, 1.165) is 4.68 Å². The number of nitrogens with two attached hydrogens (primary N) is 2. The Morgan fingerprint density at radius 1 is 1.03 bits per heavy atom. The second-order valence-corrected chi connectivity index (χ2v) is 6.61. The van der Waals surface area contributed by atoms with Crippen LogP contribution >= 0.6 is 23.2 Å². The van der Waals surface area contributed by atoms with Crippen LogP contribution in [0.3, 0.4) is 0 Å². The lowest BCUT2D eigenvalue weighted by molar-refractivity contribution is -0.137. The number of hydrogen-bond acceptors (Lipinski definition) is 4. The first-order valence-electron chi connectivity index (χ1n) is 7.84. The molecule has 146 valence electrons. The van der Waals surface area contributed by atoms with Gasteiger partial charge >= 0.3 is 6.18 Å². The topological polar surface area (TPSA) is 93.6 Å². The normalized spacial score (nSPS) is 10.9. The fourth-order valence-electron chi connectivity index (χ4n) is 2.49. The Bertz CT molecular complexity index is 1190. The van der Waals surface area contributed by atoms with Gasteiger partial charge in [-0.15, -0.1) is 0 Å². The number of alkyl halides is 3. The Hall–Kier alpha value is -3.33. The fraction of sp³-hybridized carbons (Fsp3) is 0.0526. The summed E-state index contributed by atoms with van der Waals surface area (Å²) in [5, 5.41) is 12.7. The number of rotatable bonds is 1. The van der Waals surface area contributed by atoms with Gasteiger partial charge in [-0.25, -0.2) is 4.68 Å². The molecule has 2 aromatic carbocycles. The van der Waals surface area contributed by atoms with Crippen molar-refractivity contribution in [2.24, 2.45) is 0 Å². The van der Waals surface area contributed by atoms with Gasteiger partial charge in [0.15, 0.2) is 5.69 Å². The minimum absolute atomic E-state index is 0.0851. The van der Waals surface area contributed by atoms with Crippen LogP contribution < -0.4 is 11.5 Å². The Kier molecular flexibility index (Phi) is 5.34. The van der Waals surface area contributed by atoms with E-state index >= 15 is 0 Å². The van der Waals surface area contributed by atoms with Crippen molar-refractivity contribution in [2.75, 3.05) is 11.5 Å². The standard InChI is InChI=1S/C19H10Cl2F3N5/c20-14-7-11(19(22,23)24)8-15(21)17(14)29-18(27)13(16(9-25)28-29)5-4-10-2-1-3-12(26)6-10/h1-3,6-8H,26-27H2. The summed E-state index contributed by atoms with van der Waals surface area (Å²) < 4.78 is 39.8. The molecular formula is C19H10Cl2F3N5. The lowest BCUT2D eigenvalue weighted by atomic mass is 10.1. The zero-order valence-corrected chi connectivity index (χ0v) is 15.9. The summed E-state index contributed by atoms with van der Waals surface area (Å²) in [4.78, 5) is 0. The highest BCUT2D eigenvalue weighted by Gasteiger charge is 2.32. The molecule has 29 heavy (non-hydrogen) atoms. The number of nitrogens with zero attached hydrogens (tertiary/aromatic N) is 3. The summed E-state index contributed by atoms with van der Waals surface area (Å²) in [7, 11) is 0. The van der Waals surface area contributed by atoms with Gasteiger partial charge in [0.2, 0.25) is 0 Å². The molecule has 0 radical (unpaired) electrons. The van der Waals surface area contributed by atoms with E-state index in [4.69, 9.17) is 34.7 Å². The maximum atomic E-state index is 12.9. The molecule has 0 saturated heterocycles. The smallest absolute Gasteiger partial charge is 0.399 e. The van der Waals surface area contributed by atoms with Gasteiger partial charge in [0.25, 0.3) is 0 Å². The highest BCUT2D eigenvalue weighted by atomic mass is 35.5. The van der Waals surface area contributed by atoms with Crippen molar-refractivity contribution >= 4 is 34.7 Å². The van der Waals surface area contributed by atoms with Crippen LogP contribution in [0.4, 0.5) is 24.7 Å². The first-order chi connectivity index (χ1) is 13.6. The van der Waals surface area contributed by atoms with Crippen molar-refractivity contribution in [3.05, 3.63) is 68.8 Å². The number of aromatic nitrogens is 2. The molecule has 0 aliphatic carbocycles. The molecule has 5 nitrogen and oxygen atoms in total. The van der Waals surface area contributed by atoms with Crippen LogP contribution in [0.15, 0.2) is 36.4 Å². The summed E-state index contributed by atoms with van der Waals surface area (Å²) >= 11 is 12.0. The van der Waals surface area contributed by atoms with Gasteiger partial charge in [-0.05, 0) is 30.3 Å². The molecule has 3 aromatic rings. The molecule has 1 aromatic heterocycles. The molecule has 1 heterocycles. The molecule has 0 saturated carbocycles. The molecule has 0 bridgehead atoms. The number of benzene rings is 2. The third-order valence-electron chi connectivity index (χ3n) is 3.80. The van der Waals surface area contributed by atoms with E-state index in [0.29, 0.717) is 23.4 Å². The predicted molar refractivity (Wildman–Crippen MR) is 105 cm³/mol. The lowest BCUT2D eigenvalue weighted by Crippen LogP contribution is -2.08. The third-order valence-corrected chi connectivity index (χ3v) is 4.38. The van der Waals surface area contributed by atoms with Crippen molar-refractivity contribution in [2.45, 2.75) is 6.18 Å². The van der Waals surface area contributed by atoms with Gasteiger partial charge in [0.05, 0.1) is 15.6 Å². The van der Waals surface area contributed by atoms with Crippen LogP contribution in [-0.2, 0) is 6.18 Å². The average molecular weight is 436 g/mol. The molecule has 0 spiro atoms. The van der Waals surface area contributed by atoms with Gasteiger partial charge in [-0.3, -0.25) is 0 Å². The van der Waals surface area contributed by atoms with Gasteiger partial charge in [-0.2, -0.15) is 23.5 Å². The van der Waals surface area contributed by atoms with Gasteiger partial charge in [0, 0.05) is 11.3 Å². The number of anilines is 2. The number of halogens is 5. The SMILES string of the molecule is N#Cc1nn(-c2c(Cl)cc(C(F)(F)F)cc2Cl)c(N)c1C#Cc1cccc(N)c1. The summed E-state index contributed by atoms with van der Waals surface area (Å²) in [6, 6.07) is 9.98. The molecule has 0 unspecified atom stereocenters. The van der Waals surface area contributed by atoms with Crippen molar-refractivity contribution < 1.29 is 13.2 Å². The van der Waals surface area contributed by atoms with E-state index < -0.39 is 11.7 Å². The zero-order chi connectivity index (χ0) is 21.3. The van der Waals surface area contributed by atoms with Crippen LogP contribution in [-0.4, -0.2) is 9.78 Å². The second kappa shape index (κ2) is 7.59. The Labute approximate surface area is 173 Å². The maximum absolute atomic E-state index is 12.9. The van der Waals surface area contributed by atoms with Crippen molar-refractivity contribution in [1.82, 2.24) is 9.78 Å². The minimum Gasteiger partial charge on any atom is -0.399 e. The Morgan fingerprint density at radius 3 is 2.24 bits per heavy atom. The lowest BCUT2D eigenvalue weighted by Gasteiger charge is -2.13. The summed E-state index contributed by atoms with van der Waals surface area (Å²) in [5.41, 5.74) is 11.7. The van der Waals surface area contributed by atoms with E-state index in [1.807, 2.05) is 6.07 Å². The summed E-state index contributed by atoms with van der Waals surface area (Å²) in [5.74, 6) is 5.45. The Balaban J connectivity index is 2.14. The monoisotopic (exact) mass is 435 g/mol. The molecular weight excluding hydrogens is 426 g/mol. The third kappa shape index (κ3) is 4.09. The van der Waals surface area contributed by atoms with E-state index in [2.05, 4.69) is 16.9 Å². The molecule has 4 N–H and O–H groups in total. The van der Waals surface area contributed by atoms with E-state index in [1.165, 1.54) is 0 Å². The van der Waals surface area contributed by atoms with E-state index in [-0.39, 0.29) is 32.8 Å².